The van der Waals surface area contributed by atoms with E-state index in [2.05, 4.69) is 15.3 Å². The molecule has 0 saturated carbocycles. The summed E-state index contributed by atoms with van der Waals surface area (Å²) < 4.78 is 0.131. The van der Waals surface area contributed by atoms with Gasteiger partial charge < -0.3 is 11.1 Å². The Morgan fingerprint density at radius 1 is 1.04 bits per heavy atom. The minimum Gasteiger partial charge on any atom is -0.366 e. The van der Waals surface area contributed by atoms with Crippen LogP contribution in [0.4, 0.5) is 11.4 Å². The maximum absolute atomic E-state index is 11.2. The summed E-state index contributed by atoms with van der Waals surface area (Å²) in [6, 6.07) is 16.7. The first-order valence-electron chi connectivity index (χ1n) is 7.69. The molecular formula is C18H15N6O+. The van der Waals surface area contributed by atoms with Crippen LogP contribution in [-0.4, -0.2) is 23.9 Å². The molecule has 1 unspecified atom stereocenters. The van der Waals surface area contributed by atoms with Crippen LogP contribution in [0.3, 0.4) is 0 Å². The van der Waals surface area contributed by atoms with Gasteiger partial charge in [-0.1, -0.05) is 22.8 Å². The van der Waals surface area contributed by atoms with Gasteiger partial charge >= 0.3 is 0 Å². The predicted octanol–water partition coefficient (Wildman–Crippen LogP) is 2.44. The van der Waals surface area contributed by atoms with E-state index in [1.807, 2.05) is 36.5 Å². The number of benzene rings is 2. The fraction of sp³-hybridized carbons (Fsp3) is 0. The van der Waals surface area contributed by atoms with E-state index >= 15 is 0 Å². The number of anilines is 1. The van der Waals surface area contributed by atoms with Crippen LogP contribution in [0.25, 0.3) is 0 Å². The van der Waals surface area contributed by atoms with Gasteiger partial charge in [0.25, 0.3) is 11.8 Å². The number of rotatable bonds is 3. The summed E-state index contributed by atoms with van der Waals surface area (Å²) in [5, 5.41) is 7.89. The molecule has 0 fully saturated rings. The van der Waals surface area contributed by atoms with Crippen LogP contribution in [0.1, 0.15) is 10.4 Å². The van der Waals surface area contributed by atoms with Crippen LogP contribution >= 0.6 is 0 Å². The number of carbonyl (C=O) groups excluding carboxylic acids is 1. The zero-order valence-corrected chi connectivity index (χ0v) is 13.2. The summed E-state index contributed by atoms with van der Waals surface area (Å²) in [6.45, 7) is 0. The Morgan fingerprint density at radius 2 is 1.80 bits per heavy atom. The van der Waals surface area contributed by atoms with E-state index < -0.39 is 5.91 Å². The number of hydrogen-bond acceptors (Lipinski definition) is 5. The van der Waals surface area contributed by atoms with Crippen LogP contribution in [-0.2, 0) is 0 Å². The van der Waals surface area contributed by atoms with Crippen molar-refractivity contribution in [3.05, 3.63) is 72.6 Å². The molecule has 1 amide bonds. The van der Waals surface area contributed by atoms with E-state index in [0.717, 1.165) is 11.4 Å². The number of nitrogens with one attached hydrogen (secondary N) is 1. The average molecular weight is 331 g/mol. The van der Waals surface area contributed by atoms with Crippen molar-refractivity contribution in [3.8, 4) is 0 Å². The fourth-order valence-electron chi connectivity index (χ4n) is 2.71. The second kappa shape index (κ2) is 5.81. The zero-order chi connectivity index (χ0) is 17.3. The van der Waals surface area contributed by atoms with E-state index in [0.29, 0.717) is 17.4 Å². The molecule has 2 heterocycles. The Labute approximate surface area is 144 Å². The third-order valence-corrected chi connectivity index (χ3v) is 3.96. The van der Waals surface area contributed by atoms with Crippen molar-refractivity contribution in [1.82, 2.24) is 4.59 Å². The van der Waals surface area contributed by atoms with Crippen molar-refractivity contribution in [2.24, 2.45) is 20.8 Å². The molecule has 0 aliphatic carbocycles. The Bertz CT molecular complexity index is 943. The predicted molar refractivity (Wildman–Crippen MR) is 99.3 cm³/mol. The van der Waals surface area contributed by atoms with Crippen molar-refractivity contribution in [3.63, 3.8) is 0 Å². The topological polar surface area (TPSA) is 92.2 Å². The number of nitrogens with two attached hydrogens (primary N) is 1. The van der Waals surface area contributed by atoms with Gasteiger partial charge in [-0.25, -0.2) is 0 Å². The molecule has 0 spiro atoms. The molecule has 0 saturated heterocycles. The van der Waals surface area contributed by atoms with Gasteiger partial charge in [-0.05, 0) is 29.4 Å². The Kier molecular flexibility index (Phi) is 3.48. The van der Waals surface area contributed by atoms with Gasteiger partial charge in [0.15, 0.2) is 11.9 Å². The highest BCUT2D eigenvalue weighted by molar-refractivity contribution is 6.38. The molecule has 0 radical (unpaired) electrons. The lowest BCUT2D eigenvalue weighted by Gasteiger charge is -2.23. The summed E-state index contributed by atoms with van der Waals surface area (Å²) in [6.07, 6.45) is 5.28. The molecule has 7 nitrogen and oxygen atoms in total. The highest BCUT2D eigenvalue weighted by Crippen LogP contribution is 2.30. The van der Waals surface area contributed by atoms with Crippen LogP contribution in [0, 0.1) is 0 Å². The van der Waals surface area contributed by atoms with E-state index in [9.17, 15) is 4.79 Å². The Morgan fingerprint density at radius 3 is 2.52 bits per heavy atom. The zero-order valence-electron chi connectivity index (χ0n) is 13.2. The number of aliphatic imine (C=N–C) groups is 2. The molecule has 0 bridgehead atoms. The second-order valence-electron chi connectivity index (χ2n) is 5.56. The number of amides is 1. The number of guanidine groups is 1. The van der Waals surface area contributed by atoms with Crippen LogP contribution in [0.2, 0.25) is 0 Å². The van der Waals surface area contributed by atoms with Gasteiger partial charge in [0, 0.05) is 23.4 Å². The molecular weight excluding hydrogens is 316 g/mol. The number of nitrogens with zero attached hydrogens (tertiary/aromatic N) is 4. The quantitative estimate of drug-likeness (QED) is 0.846. The first-order valence-corrected chi connectivity index (χ1v) is 7.69. The number of amidine groups is 1. The van der Waals surface area contributed by atoms with Crippen molar-refractivity contribution in [2.45, 2.75) is 0 Å². The summed E-state index contributed by atoms with van der Waals surface area (Å²) in [5.74, 6) is 0.700. The maximum Gasteiger partial charge on any atom is 0.287 e. The number of quaternary nitrogens is 1. The molecule has 122 valence electrons. The van der Waals surface area contributed by atoms with Crippen molar-refractivity contribution < 1.29 is 4.79 Å². The van der Waals surface area contributed by atoms with Crippen molar-refractivity contribution in [2.75, 3.05) is 5.32 Å². The van der Waals surface area contributed by atoms with Gasteiger partial charge in [0.05, 0.1) is 6.20 Å². The lowest BCUT2D eigenvalue weighted by molar-refractivity contribution is 0.100. The standard InChI is InChI=1S/C18H14N6O/c19-17(25)13-6-8-14(9-7-13)21-18-22-16-12-20-10-11-24(16,23-18)15-4-2-1-3-5-15/h1-12H,(H2-,19,21,23,25)/p+1. The normalized spacial score (nSPS) is 20.6. The van der Waals surface area contributed by atoms with E-state index in [-0.39, 0.29) is 4.59 Å². The fourth-order valence-corrected chi connectivity index (χ4v) is 2.71. The van der Waals surface area contributed by atoms with Crippen LogP contribution in [0.5, 0.6) is 0 Å². The summed E-state index contributed by atoms with van der Waals surface area (Å²) >= 11 is 0. The summed E-state index contributed by atoms with van der Waals surface area (Å²) in [5.41, 5.74) is 7.44. The van der Waals surface area contributed by atoms with Gasteiger partial charge in [-0.2, -0.15) is 4.99 Å². The largest absolute Gasteiger partial charge is 0.366 e. The molecule has 2 aliphatic rings. The first kappa shape index (κ1) is 15.0. The SMILES string of the molecule is NC(=O)c1ccc(NC2=N[N+]3(c4ccccc4)C=CN=CC3=N2)cc1. The molecule has 3 N–H and O–H groups in total. The monoisotopic (exact) mass is 331 g/mol. The summed E-state index contributed by atoms with van der Waals surface area (Å²) in [4.78, 5) is 19.9. The van der Waals surface area contributed by atoms with Crippen molar-refractivity contribution >= 4 is 35.3 Å². The molecule has 2 aromatic rings. The number of carbonyl (C=O) groups is 1. The molecule has 4 rings (SSSR count). The highest BCUT2D eigenvalue weighted by atomic mass is 16.1. The van der Waals surface area contributed by atoms with E-state index in [4.69, 9.17) is 10.8 Å². The number of para-hydroxylation sites is 1. The molecule has 1 atom stereocenters. The van der Waals surface area contributed by atoms with Gasteiger partial charge in [-0.3, -0.25) is 9.79 Å². The highest BCUT2D eigenvalue weighted by Gasteiger charge is 2.42. The third-order valence-electron chi connectivity index (χ3n) is 3.96. The lowest BCUT2D eigenvalue weighted by atomic mass is 10.2. The average Bonchev–Trinajstić information content (AvgIpc) is 3.02. The second-order valence-corrected chi connectivity index (χ2v) is 5.56. The van der Waals surface area contributed by atoms with Gasteiger partial charge in [0.2, 0.25) is 5.91 Å². The Balaban J connectivity index is 1.67. The molecule has 2 aliphatic heterocycles. The molecule has 7 heteroatoms. The van der Waals surface area contributed by atoms with E-state index in [1.54, 1.807) is 36.7 Å². The minimum absolute atomic E-state index is 0.131. The third kappa shape index (κ3) is 2.62. The molecule has 2 aromatic carbocycles. The number of hydrogen-bond donors (Lipinski definition) is 2. The molecule has 0 aromatic heterocycles. The van der Waals surface area contributed by atoms with Crippen LogP contribution < -0.4 is 15.6 Å². The maximum atomic E-state index is 11.2. The molecule has 25 heavy (non-hydrogen) atoms. The smallest absolute Gasteiger partial charge is 0.287 e. The van der Waals surface area contributed by atoms with Crippen LogP contribution in [0.15, 0.2) is 82.1 Å². The number of primary amides is 1. The van der Waals surface area contributed by atoms with Crippen molar-refractivity contribution in [1.29, 1.82) is 0 Å². The van der Waals surface area contributed by atoms with Gasteiger partial charge in [0.1, 0.15) is 6.21 Å². The van der Waals surface area contributed by atoms with E-state index in [1.165, 1.54) is 0 Å². The van der Waals surface area contributed by atoms with Gasteiger partial charge in [-0.15, -0.1) is 0 Å². The number of fused-ring (bicyclic) bond motifs is 1. The summed E-state index contributed by atoms with van der Waals surface area (Å²) in [7, 11) is 0. The Hall–Kier alpha value is -3.58. The first-order chi connectivity index (χ1) is 12.2. The lowest BCUT2D eigenvalue weighted by Crippen LogP contribution is -2.44. The minimum atomic E-state index is -0.461.